The highest BCUT2D eigenvalue weighted by Crippen LogP contribution is 2.20. The van der Waals surface area contributed by atoms with Crippen LogP contribution in [-0.2, 0) is 0 Å². The maximum Gasteiger partial charge on any atom is 0.170 e. The third-order valence-corrected chi connectivity index (χ3v) is 2.99. The third-order valence-electron chi connectivity index (χ3n) is 2.99. The molecule has 4 heteroatoms. The number of aromatic nitrogens is 2. The maximum absolute atomic E-state index is 10.7. The lowest BCUT2D eigenvalue weighted by atomic mass is 10.1. The summed E-state index contributed by atoms with van der Waals surface area (Å²) in [5.74, 6) is 1.52. The SMILES string of the molecule is CC.CC1CCCCN(c2cncc(C=O)n2)C1. The molecule has 1 atom stereocenters. The van der Waals surface area contributed by atoms with Crippen LogP contribution >= 0.6 is 0 Å². The zero-order valence-corrected chi connectivity index (χ0v) is 11.6. The first-order chi connectivity index (χ1) is 8.79. The van der Waals surface area contributed by atoms with E-state index in [9.17, 15) is 4.79 Å². The summed E-state index contributed by atoms with van der Waals surface area (Å²) in [5, 5.41) is 0. The Morgan fingerprint density at radius 1 is 1.33 bits per heavy atom. The van der Waals surface area contributed by atoms with Crippen LogP contribution in [0.1, 0.15) is 50.5 Å². The molecule has 1 aliphatic heterocycles. The zero-order chi connectivity index (χ0) is 13.4. The van der Waals surface area contributed by atoms with E-state index in [2.05, 4.69) is 21.8 Å². The second-order valence-electron chi connectivity index (χ2n) is 4.47. The average Bonchev–Trinajstić information content (AvgIpc) is 2.66. The van der Waals surface area contributed by atoms with Gasteiger partial charge in [-0.05, 0) is 18.8 Å². The lowest BCUT2D eigenvalue weighted by molar-refractivity contribution is 0.111. The number of nitrogens with zero attached hydrogens (tertiary/aromatic N) is 3. The van der Waals surface area contributed by atoms with Crippen molar-refractivity contribution in [2.45, 2.75) is 40.0 Å². The van der Waals surface area contributed by atoms with Crippen molar-refractivity contribution < 1.29 is 4.79 Å². The Labute approximate surface area is 109 Å². The molecule has 0 N–H and O–H groups in total. The van der Waals surface area contributed by atoms with Crippen LogP contribution < -0.4 is 4.90 Å². The van der Waals surface area contributed by atoms with Gasteiger partial charge in [0, 0.05) is 13.1 Å². The summed E-state index contributed by atoms with van der Waals surface area (Å²) in [7, 11) is 0. The minimum Gasteiger partial charge on any atom is -0.355 e. The molecular weight excluding hydrogens is 226 g/mol. The van der Waals surface area contributed by atoms with Gasteiger partial charge >= 0.3 is 0 Å². The maximum atomic E-state index is 10.7. The predicted molar refractivity (Wildman–Crippen MR) is 74.0 cm³/mol. The molecule has 1 aromatic rings. The first-order valence-electron chi connectivity index (χ1n) is 6.82. The molecular formula is C14H23N3O. The summed E-state index contributed by atoms with van der Waals surface area (Å²) in [6.07, 6.45) is 7.73. The first-order valence-corrected chi connectivity index (χ1v) is 6.82. The number of hydrogen-bond donors (Lipinski definition) is 0. The summed E-state index contributed by atoms with van der Waals surface area (Å²) in [4.78, 5) is 21.2. The number of carbonyl (C=O) groups is 1. The van der Waals surface area contributed by atoms with Gasteiger partial charge in [0.05, 0.1) is 12.4 Å². The fraction of sp³-hybridized carbons (Fsp3) is 0.643. The molecule has 1 aliphatic rings. The molecule has 0 saturated carbocycles. The van der Waals surface area contributed by atoms with E-state index in [-0.39, 0.29) is 0 Å². The van der Waals surface area contributed by atoms with E-state index in [0.717, 1.165) is 25.2 Å². The van der Waals surface area contributed by atoms with Crippen molar-refractivity contribution in [3.63, 3.8) is 0 Å². The van der Waals surface area contributed by atoms with Crippen LogP contribution in [0.3, 0.4) is 0 Å². The smallest absolute Gasteiger partial charge is 0.170 e. The van der Waals surface area contributed by atoms with Gasteiger partial charge in [0.25, 0.3) is 0 Å². The lowest BCUT2D eigenvalue weighted by Gasteiger charge is -2.23. The van der Waals surface area contributed by atoms with Gasteiger partial charge in [-0.25, -0.2) is 4.98 Å². The Balaban J connectivity index is 0.000000771. The molecule has 1 aromatic heterocycles. The fourth-order valence-electron chi connectivity index (χ4n) is 2.14. The van der Waals surface area contributed by atoms with Gasteiger partial charge in [-0.1, -0.05) is 27.2 Å². The highest BCUT2D eigenvalue weighted by Gasteiger charge is 2.16. The monoisotopic (exact) mass is 249 g/mol. The lowest BCUT2D eigenvalue weighted by Crippen LogP contribution is -2.28. The topological polar surface area (TPSA) is 46.1 Å². The van der Waals surface area contributed by atoms with E-state index in [1.807, 2.05) is 13.8 Å². The number of rotatable bonds is 2. The van der Waals surface area contributed by atoms with Gasteiger partial charge in [-0.3, -0.25) is 9.78 Å². The minimum atomic E-state index is 0.411. The molecule has 18 heavy (non-hydrogen) atoms. The number of hydrogen-bond acceptors (Lipinski definition) is 4. The molecule has 2 heterocycles. The highest BCUT2D eigenvalue weighted by atomic mass is 16.1. The molecule has 0 aromatic carbocycles. The molecule has 4 nitrogen and oxygen atoms in total. The molecule has 100 valence electrons. The van der Waals surface area contributed by atoms with Gasteiger partial charge in [-0.2, -0.15) is 0 Å². The Bertz CT molecular complexity index is 368. The summed E-state index contributed by atoms with van der Waals surface area (Å²) in [5.41, 5.74) is 0.411. The van der Waals surface area contributed by atoms with Crippen LogP contribution in [0, 0.1) is 5.92 Å². The van der Waals surface area contributed by atoms with E-state index in [1.54, 1.807) is 6.20 Å². The van der Waals surface area contributed by atoms with Crippen molar-refractivity contribution in [3.8, 4) is 0 Å². The quantitative estimate of drug-likeness (QED) is 0.756. The van der Waals surface area contributed by atoms with Gasteiger partial charge in [0.1, 0.15) is 11.5 Å². The number of anilines is 1. The Morgan fingerprint density at radius 3 is 2.83 bits per heavy atom. The van der Waals surface area contributed by atoms with E-state index in [4.69, 9.17) is 0 Å². The molecule has 2 rings (SSSR count). The van der Waals surface area contributed by atoms with Crippen molar-refractivity contribution >= 4 is 12.1 Å². The normalized spacial score (nSPS) is 19.5. The van der Waals surface area contributed by atoms with E-state index < -0.39 is 0 Å². The average molecular weight is 249 g/mol. The van der Waals surface area contributed by atoms with E-state index in [1.165, 1.54) is 25.5 Å². The second kappa shape index (κ2) is 7.80. The molecule has 0 aliphatic carbocycles. The fourth-order valence-corrected chi connectivity index (χ4v) is 2.14. The Kier molecular flexibility index (Phi) is 6.33. The molecule has 1 unspecified atom stereocenters. The van der Waals surface area contributed by atoms with Crippen LogP contribution in [0.2, 0.25) is 0 Å². The van der Waals surface area contributed by atoms with E-state index in [0.29, 0.717) is 11.6 Å². The van der Waals surface area contributed by atoms with Crippen molar-refractivity contribution in [3.05, 3.63) is 18.1 Å². The molecule has 0 radical (unpaired) electrons. The van der Waals surface area contributed by atoms with Crippen LogP contribution in [0.15, 0.2) is 12.4 Å². The van der Waals surface area contributed by atoms with Crippen molar-refractivity contribution in [1.82, 2.24) is 9.97 Å². The predicted octanol–water partition coefficient (Wildman–Crippen LogP) is 2.94. The number of carbonyl (C=O) groups excluding carboxylic acids is 1. The molecule has 0 spiro atoms. The van der Waals surface area contributed by atoms with Gasteiger partial charge in [-0.15, -0.1) is 0 Å². The number of aldehydes is 1. The van der Waals surface area contributed by atoms with Gasteiger partial charge < -0.3 is 4.90 Å². The minimum absolute atomic E-state index is 0.411. The van der Waals surface area contributed by atoms with Crippen LogP contribution in [0.4, 0.5) is 5.82 Å². The third kappa shape index (κ3) is 4.09. The first kappa shape index (κ1) is 14.6. The van der Waals surface area contributed by atoms with Crippen LogP contribution in [-0.4, -0.2) is 29.3 Å². The summed E-state index contributed by atoms with van der Waals surface area (Å²) in [6.45, 7) is 8.29. The summed E-state index contributed by atoms with van der Waals surface area (Å²) in [6, 6.07) is 0. The van der Waals surface area contributed by atoms with Crippen LogP contribution in [0.25, 0.3) is 0 Å². The Hall–Kier alpha value is -1.45. The molecule has 0 amide bonds. The van der Waals surface area contributed by atoms with Gasteiger partial charge in [0.2, 0.25) is 0 Å². The Morgan fingerprint density at radius 2 is 2.11 bits per heavy atom. The van der Waals surface area contributed by atoms with Crippen molar-refractivity contribution in [2.75, 3.05) is 18.0 Å². The molecule has 1 fully saturated rings. The van der Waals surface area contributed by atoms with Gasteiger partial charge in [0.15, 0.2) is 6.29 Å². The molecule has 1 saturated heterocycles. The summed E-state index contributed by atoms with van der Waals surface area (Å²) >= 11 is 0. The summed E-state index contributed by atoms with van der Waals surface area (Å²) < 4.78 is 0. The standard InChI is InChI=1S/C12H17N3O.C2H6/c1-10-4-2-3-5-15(8-10)12-7-13-6-11(9-16)14-12;1-2/h6-7,9-10H,2-5,8H2,1H3;1-2H3. The largest absolute Gasteiger partial charge is 0.355 e. The van der Waals surface area contributed by atoms with Crippen molar-refractivity contribution in [1.29, 1.82) is 0 Å². The van der Waals surface area contributed by atoms with E-state index >= 15 is 0 Å². The van der Waals surface area contributed by atoms with Crippen molar-refractivity contribution in [2.24, 2.45) is 5.92 Å². The van der Waals surface area contributed by atoms with Crippen LogP contribution in [0.5, 0.6) is 0 Å². The zero-order valence-electron chi connectivity index (χ0n) is 11.6. The second-order valence-corrected chi connectivity index (χ2v) is 4.47. The molecule has 0 bridgehead atoms. The highest BCUT2D eigenvalue weighted by molar-refractivity contribution is 5.71.